The number of benzene rings is 1. The maximum atomic E-state index is 12.0. The first-order valence-corrected chi connectivity index (χ1v) is 8.14. The number of aromatic hydroxyl groups is 1. The van der Waals surface area contributed by atoms with Crippen LogP contribution in [-0.2, 0) is 9.59 Å². The maximum absolute atomic E-state index is 12.0. The van der Waals surface area contributed by atoms with Gasteiger partial charge in [-0.15, -0.1) is 0 Å². The van der Waals surface area contributed by atoms with E-state index in [2.05, 4.69) is 21.2 Å². The van der Waals surface area contributed by atoms with Crippen LogP contribution in [0.15, 0.2) is 53.3 Å². The van der Waals surface area contributed by atoms with E-state index < -0.39 is 41.1 Å². The van der Waals surface area contributed by atoms with Gasteiger partial charge in [0.1, 0.15) is 11.5 Å². The normalized spacial score (nSPS) is 21.5. The van der Waals surface area contributed by atoms with Crippen molar-refractivity contribution in [3.8, 4) is 5.75 Å². The maximum Gasteiger partial charge on any atom is 0.268 e. The lowest BCUT2D eigenvalue weighted by molar-refractivity contribution is -0.419. The van der Waals surface area contributed by atoms with Crippen molar-refractivity contribution in [1.29, 1.82) is 0 Å². The summed E-state index contributed by atoms with van der Waals surface area (Å²) >= 11 is 0. The highest BCUT2D eigenvalue weighted by Gasteiger charge is 2.40. The monoisotopic (exact) mass is 385 g/mol. The number of nitrogens with one attached hydrogen (secondary N) is 3. The predicted octanol–water partition coefficient (Wildman–Crippen LogP) is -0.561. The predicted molar refractivity (Wildman–Crippen MR) is 95.7 cm³/mol. The first kappa shape index (κ1) is 18.8. The van der Waals surface area contributed by atoms with Crippen molar-refractivity contribution in [1.82, 2.24) is 16.1 Å². The number of allylic oxidation sites excluding steroid dienone is 1. The third kappa shape index (κ3) is 3.87. The molecule has 3 amide bonds. The lowest BCUT2D eigenvalue weighted by atomic mass is 9.93. The highest BCUT2D eigenvalue weighted by Crippen LogP contribution is 2.24. The minimum absolute atomic E-state index is 0.00562. The largest absolute Gasteiger partial charge is 0.507 e. The van der Waals surface area contributed by atoms with Crippen molar-refractivity contribution in [3.05, 3.63) is 63.9 Å². The van der Waals surface area contributed by atoms with Crippen LogP contribution in [-0.4, -0.2) is 46.0 Å². The van der Waals surface area contributed by atoms with Crippen molar-refractivity contribution in [2.75, 3.05) is 6.54 Å². The Morgan fingerprint density at radius 1 is 1.32 bits per heavy atom. The van der Waals surface area contributed by atoms with Gasteiger partial charge in [0.25, 0.3) is 23.4 Å². The van der Waals surface area contributed by atoms with E-state index in [9.17, 15) is 29.6 Å². The van der Waals surface area contributed by atoms with E-state index in [0.29, 0.717) is 0 Å². The molecule has 3 rings (SSSR count). The number of hydrogen-bond acceptors (Lipinski definition) is 7. The summed E-state index contributed by atoms with van der Waals surface area (Å²) in [6, 6.07) is 5.35. The van der Waals surface area contributed by atoms with Gasteiger partial charge >= 0.3 is 0 Å². The Labute approximate surface area is 158 Å². The number of carbonyl (C=O) groups is 3. The number of fused-ring (bicyclic) bond motifs is 1. The fourth-order valence-corrected chi connectivity index (χ4v) is 2.76. The van der Waals surface area contributed by atoms with E-state index >= 15 is 0 Å². The zero-order valence-electron chi connectivity index (χ0n) is 14.3. The smallest absolute Gasteiger partial charge is 0.268 e. The second-order valence-electron chi connectivity index (χ2n) is 5.96. The average molecular weight is 385 g/mol. The van der Waals surface area contributed by atoms with Gasteiger partial charge in [0, 0.05) is 12.2 Å². The Morgan fingerprint density at radius 3 is 2.79 bits per heavy atom. The Bertz CT molecular complexity index is 951. The van der Waals surface area contributed by atoms with Crippen molar-refractivity contribution in [2.24, 2.45) is 11.0 Å². The number of rotatable bonds is 5. The Morgan fingerprint density at radius 2 is 2.07 bits per heavy atom. The number of amides is 3. The van der Waals surface area contributed by atoms with Crippen LogP contribution < -0.4 is 16.1 Å². The van der Waals surface area contributed by atoms with Gasteiger partial charge in [0.2, 0.25) is 0 Å². The van der Waals surface area contributed by atoms with E-state index in [1.165, 1.54) is 30.4 Å². The van der Waals surface area contributed by atoms with E-state index in [1.54, 1.807) is 12.1 Å². The molecule has 2 atom stereocenters. The van der Waals surface area contributed by atoms with Crippen molar-refractivity contribution in [2.45, 2.75) is 6.04 Å². The minimum atomic E-state index is -0.711. The van der Waals surface area contributed by atoms with Crippen LogP contribution in [0.3, 0.4) is 0 Å². The fourth-order valence-electron chi connectivity index (χ4n) is 2.76. The van der Waals surface area contributed by atoms with Crippen LogP contribution in [0.4, 0.5) is 0 Å². The lowest BCUT2D eigenvalue weighted by Crippen LogP contribution is -2.36. The summed E-state index contributed by atoms with van der Waals surface area (Å²) in [5.74, 6) is -2.84. The summed E-state index contributed by atoms with van der Waals surface area (Å²) in [5, 5.41) is 29.2. The SMILES string of the molecule is O=C(CNC(=O)c1ccccc1O)N/N=C1/C(=O)NC2C=CC([N+](=O)[O-])=CC12. The van der Waals surface area contributed by atoms with E-state index in [-0.39, 0.29) is 22.7 Å². The third-order valence-electron chi connectivity index (χ3n) is 4.13. The molecule has 0 bridgehead atoms. The quantitative estimate of drug-likeness (QED) is 0.392. The molecule has 1 saturated heterocycles. The van der Waals surface area contributed by atoms with E-state index in [4.69, 9.17) is 0 Å². The third-order valence-corrected chi connectivity index (χ3v) is 4.13. The number of nitro groups is 1. The fraction of sp³-hybridized carbons (Fsp3) is 0.176. The summed E-state index contributed by atoms with van der Waals surface area (Å²) in [7, 11) is 0. The molecule has 0 aromatic heterocycles. The summed E-state index contributed by atoms with van der Waals surface area (Å²) in [4.78, 5) is 46.1. The number of phenols is 1. The molecule has 1 heterocycles. The van der Waals surface area contributed by atoms with Crippen LogP contribution in [0.2, 0.25) is 0 Å². The van der Waals surface area contributed by atoms with Gasteiger partial charge < -0.3 is 15.7 Å². The molecule has 28 heavy (non-hydrogen) atoms. The average Bonchev–Trinajstić information content (AvgIpc) is 2.99. The standard InChI is InChI=1S/C17H15N5O6/c23-13-4-2-1-3-10(13)16(25)18-8-14(24)20-21-15-11-7-9(22(27)28)5-6-12(11)19-17(15)26/h1-7,11-12,23H,8H2,(H,18,25)(H,19,26)(H,20,24)/b21-15+. The van der Waals surface area contributed by atoms with Crippen molar-refractivity contribution in [3.63, 3.8) is 0 Å². The number of phenolic OH excluding ortho intramolecular Hbond substituents is 1. The van der Waals surface area contributed by atoms with Gasteiger partial charge in [-0.1, -0.05) is 18.2 Å². The summed E-state index contributed by atoms with van der Waals surface area (Å²) in [6.07, 6.45) is 4.06. The number of nitrogens with zero attached hydrogens (tertiary/aromatic N) is 2. The van der Waals surface area contributed by atoms with Crippen LogP contribution >= 0.6 is 0 Å². The van der Waals surface area contributed by atoms with Crippen LogP contribution in [0, 0.1) is 16.0 Å². The van der Waals surface area contributed by atoms with Gasteiger partial charge in [-0.3, -0.25) is 24.5 Å². The topological polar surface area (TPSA) is 163 Å². The molecule has 2 aliphatic rings. The van der Waals surface area contributed by atoms with Gasteiger partial charge in [-0.05, 0) is 12.1 Å². The second kappa shape index (κ2) is 7.70. The molecule has 144 valence electrons. The molecule has 1 aliphatic heterocycles. The molecule has 0 radical (unpaired) electrons. The highest BCUT2D eigenvalue weighted by atomic mass is 16.6. The minimum Gasteiger partial charge on any atom is -0.507 e. The van der Waals surface area contributed by atoms with Crippen LogP contribution in [0.25, 0.3) is 0 Å². The molecule has 0 spiro atoms. The number of hydrogen-bond donors (Lipinski definition) is 4. The van der Waals surface area contributed by atoms with E-state index in [1.807, 2.05) is 0 Å². The van der Waals surface area contributed by atoms with Gasteiger partial charge in [0.15, 0.2) is 0 Å². The molecule has 0 saturated carbocycles. The first-order chi connectivity index (χ1) is 13.4. The zero-order chi connectivity index (χ0) is 20.3. The Kier molecular flexibility index (Phi) is 5.16. The number of para-hydroxylation sites is 1. The number of carbonyl (C=O) groups excluding carboxylic acids is 3. The Hall–Kier alpha value is -4.02. The molecular formula is C17H15N5O6. The summed E-state index contributed by atoms with van der Waals surface area (Å²) in [6.45, 7) is -0.449. The lowest BCUT2D eigenvalue weighted by Gasteiger charge is -2.14. The van der Waals surface area contributed by atoms with Crippen molar-refractivity contribution < 1.29 is 24.4 Å². The van der Waals surface area contributed by atoms with Gasteiger partial charge in [-0.25, -0.2) is 5.43 Å². The molecule has 2 unspecified atom stereocenters. The number of hydrazone groups is 1. The van der Waals surface area contributed by atoms with Gasteiger partial charge in [-0.2, -0.15) is 5.10 Å². The molecule has 1 aromatic rings. The molecule has 11 heteroatoms. The van der Waals surface area contributed by atoms with Gasteiger partial charge in [0.05, 0.1) is 29.0 Å². The summed E-state index contributed by atoms with van der Waals surface area (Å²) < 4.78 is 0. The zero-order valence-corrected chi connectivity index (χ0v) is 14.3. The molecule has 1 aromatic carbocycles. The Balaban J connectivity index is 1.61. The van der Waals surface area contributed by atoms with Crippen LogP contribution in [0.1, 0.15) is 10.4 Å². The first-order valence-electron chi connectivity index (χ1n) is 8.14. The highest BCUT2D eigenvalue weighted by molar-refractivity contribution is 6.42. The molecular weight excluding hydrogens is 370 g/mol. The second-order valence-corrected chi connectivity index (χ2v) is 5.96. The molecule has 1 fully saturated rings. The van der Waals surface area contributed by atoms with Crippen LogP contribution in [0.5, 0.6) is 5.75 Å². The van der Waals surface area contributed by atoms with E-state index in [0.717, 1.165) is 0 Å². The molecule has 1 aliphatic carbocycles. The molecule has 11 nitrogen and oxygen atoms in total. The summed E-state index contributed by atoms with van der Waals surface area (Å²) in [5.41, 5.74) is 1.90. The van der Waals surface area contributed by atoms with Crippen molar-refractivity contribution >= 4 is 23.4 Å². The molecule has 4 N–H and O–H groups in total.